The van der Waals surface area contributed by atoms with Crippen molar-refractivity contribution >= 4 is 17.8 Å². The normalized spacial score (nSPS) is 13.0. The van der Waals surface area contributed by atoms with Gasteiger partial charge in [-0.15, -0.1) is 0 Å². The van der Waals surface area contributed by atoms with E-state index in [4.69, 9.17) is 4.84 Å². The van der Waals surface area contributed by atoms with Gasteiger partial charge in [-0.1, -0.05) is 17.2 Å². The van der Waals surface area contributed by atoms with Crippen LogP contribution in [0.4, 0.5) is 0 Å². The van der Waals surface area contributed by atoms with Crippen molar-refractivity contribution in [2.45, 2.75) is 6.92 Å². The Morgan fingerprint density at radius 2 is 1.73 bits per heavy atom. The average Bonchev–Trinajstić information content (AvgIpc) is 3.26. The van der Waals surface area contributed by atoms with Gasteiger partial charge in [0, 0.05) is 0 Å². The summed E-state index contributed by atoms with van der Waals surface area (Å²) < 4.78 is 1.56. The number of fused-ring (bicyclic) bond motifs is 1. The summed E-state index contributed by atoms with van der Waals surface area (Å²) in [5, 5.41) is 4.53. The molecule has 8 nitrogen and oxygen atoms in total. The van der Waals surface area contributed by atoms with Crippen LogP contribution in [0.5, 0.6) is 0 Å². The number of imide groups is 1. The second kappa shape index (κ2) is 5.92. The van der Waals surface area contributed by atoms with Crippen LogP contribution in [0.2, 0.25) is 0 Å². The SMILES string of the molecule is Cc1cc(C(=O)ON2C(=O)c3ccccc3C2=O)ccc1-n1cncn1. The van der Waals surface area contributed by atoms with Gasteiger partial charge in [-0.25, -0.2) is 14.5 Å². The summed E-state index contributed by atoms with van der Waals surface area (Å²) in [6.07, 6.45) is 2.95. The van der Waals surface area contributed by atoms with Gasteiger partial charge in [0.15, 0.2) is 0 Å². The van der Waals surface area contributed by atoms with Gasteiger partial charge < -0.3 is 4.84 Å². The highest BCUT2D eigenvalue weighted by Gasteiger charge is 2.38. The molecule has 2 aromatic carbocycles. The maximum Gasteiger partial charge on any atom is 0.363 e. The van der Waals surface area contributed by atoms with E-state index in [1.54, 1.807) is 42.2 Å². The van der Waals surface area contributed by atoms with Crippen molar-refractivity contribution in [3.63, 3.8) is 0 Å². The van der Waals surface area contributed by atoms with Crippen LogP contribution in [0.3, 0.4) is 0 Å². The minimum Gasteiger partial charge on any atom is -0.324 e. The van der Waals surface area contributed by atoms with Crippen molar-refractivity contribution in [1.82, 2.24) is 19.8 Å². The Labute approximate surface area is 147 Å². The maximum absolute atomic E-state index is 12.4. The molecule has 0 radical (unpaired) electrons. The second-order valence-electron chi connectivity index (χ2n) is 5.67. The van der Waals surface area contributed by atoms with E-state index in [1.165, 1.54) is 24.5 Å². The molecule has 0 fully saturated rings. The number of hydrogen-bond acceptors (Lipinski definition) is 6. The molecule has 0 N–H and O–H groups in total. The first-order chi connectivity index (χ1) is 12.6. The van der Waals surface area contributed by atoms with Crippen LogP contribution < -0.4 is 0 Å². The average molecular weight is 348 g/mol. The van der Waals surface area contributed by atoms with E-state index in [-0.39, 0.29) is 16.7 Å². The predicted octanol–water partition coefficient (Wildman–Crippen LogP) is 1.94. The lowest BCUT2D eigenvalue weighted by atomic mass is 10.1. The number of benzene rings is 2. The molecule has 0 aliphatic carbocycles. The summed E-state index contributed by atoms with van der Waals surface area (Å²) in [7, 11) is 0. The van der Waals surface area contributed by atoms with E-state index < -0.39 is 17.8 Å². The van der Waals surface area contributed by atoms with Crippen molar-refractivity contribution < 1.29 is 19.2 Å². The smallest absolute Gasteiger partial charge is 0.324 e. The lowest BCUT2D eigenvalue weighted by Gasteiger charge is -2.13. The molecule has 3 aromatic rings. The lowest BCUT2D eigenvalue weighted by Crippen LogP contribution is -2.32. The summed E-state index contributed by atoms with van der Waals surface area (Å²) in [5.74, 6) is -2.11. The number of amides is 2. The van der Waals surface area contributed by atoms with Crippen molar-refractivity contribution in [3.8, 4) is 5.69 Å². The summed E-state index contributed by atoms with van der Waals surface area (Å²) in [5.41, 5.74) is 2.14. The molecule has 8 heteroatoms. The zero-order valence-corrected chi connectivity index (χ0v) is 13.6. The molecule has 0 atom stereocenters. The third-order valence-electron chi connectivity index (χ3n) is 4.03. The number of rotatable bonds is 3. The van der Waals surface area contributed by atoms with Crippen LogP contribution in [-0.2, 0) is 4.84 Å². The zero-order chi connectivity index (χ0) is 18.3. The van der Waals surface area contributed by atoms with Crippen LogP contribution in [0, 0.1) is 6.92 Å². The van der Waals surface area contributed by atoms with Crippen LogP contribution in [0.1, 0.15) is 36.6 Å². The quantitative estimate of drug-likeness (QED) is 0.672. The third-order valence-corrected chi connectivity index (χ3v) is 4.03. The highest BCUT2D eigenvalue weighted by atomic mass is 16.7. The Bertz CT molecular complexity index is 1010. The first-order valence-electron chi connectivity index (χ1n) is 7.72. The van der Waals surface area contributed by atoms with E-state index >= 15 is 0 Å². The minimum atomic E-state index is -0.798. The first-order valence-corrected chi connectivity index (χ1v) is 7.72. The molecule has 1 aliphatic rings. The molecule has 1 aromatic heterocycles. The van der Waals surface area contributed by atoms with Crippen LogP contribution in [0.15, 0.2) is 55.1 Å². The van der Waals surface area contributed by atoms with Crippen LogP contribution in [0.25, 0.3) is 5.69 Å². The minimum absolute atomic E-state index is 0.211. The summed E-state index contributed by atoms with van der Waals surface area (Å²) in [6, 6.07) is 11.1. The summed E-state index contributed by atoms with van der Waals surface area (Å²) >= 11 is 0. The molecule has 0 unspecified atom stereocenters. The Morgan fingerprint density at radius 1 is 1.04 bits per heavy atom. The van der Waals surface area contributed by atoms with Gasteiger partial charge in [0.05, 0.1) is 22.4 Å². The van der Waals surface area contributed by atoms with Crippen LogP contribution >= 0.6 is 0 Å². The van der Waals surface area contributed by atoms with E-state index in [0.717, 1.165) is 11.3 Å². The Hall–Kier alpha value is -3.81. The summed E-state index contributed by atoms with van der Waals surface area (Å²) in [6.45, 7) is 1.80. The van der Waals surface area contributed by atoms with E-state index in [0.29, 0.717) is 5.06 Å². The molecular weight excluding hydrogens is 336 g/mol. The summed E-state index contributed by atoms with van der Waals surface area (Å²) in [4.78, 5) is 45.8. The topological polar surface area (TPSA) is 94.4 Å². The predicted molar refractivity (Wildman–Crippen MR) is 88.5 cm³/mol. The zero-order valence-electron chi connectivity index (χ0n) is 13.6. The molecule has 0 spiro atoms. The Kier molecular flexibility index (Phi) is 3.58. The number of aromatic nitrogens is 3. The largest absolute Gasteiger partial charge is 0.363 e. The Morgan fingerprint density at radius 3 is 2.31 bits per heavy atom. The molecule has 128 valence electrons. The molecule has 2 amide bonds. The highest BCUT2D eigenvalue weighted by molar-refractivity contribution is 6.21. The molecule has 26 heavy (non-hydrogen) atoms. The van der Waals surface area contributed by atoms with E-state index in [2.05, 4.69) is 10.1 Å². The fourth-order valence-electron chi connectivity index (χ4n) is 2.76. The number of hydrogen-bond donors (Lipinski definition) is 0. The number of carbonyl (C=O) groups is 3. The first kappa shape index (κ1) is 15.7. The van der Waals surface area contributed by atoms with Crippen molar-refractivity contribution in [3.05, 3.63) is 77.4 Å². The van der Waals surface area contributed by atoms with Crippen molar-refractivity contribution in [2.24, 2.45) is 0 Å². The molecular formula is C18H12N4O4. The van der Waals surface area contributed by atoms with Gasteiger partial charge in [0.1, 0.15) is 12.7 Å². The monoisotopic (exact) mass is 348 g/mol. The van der Waals surface area contributed by atoms with Gasteiger partial charge in [-0.05, 0) is 42.8 Å². The molecule has 4 rings (SSSR count). The second-order valence-corrected chi connectivity index (χ2v) is 5.67. The van der Waals surface area contributed by atoms with Crippen molar-refractivity contribution in [1.29, 1.82) is 0 Å². The molecule has 0 saturated heterocycles. The number of carbonyl (C=O) groups excluding carboxylic acids is 3. The number of nitrogens with zero attached hydrogens (tertiary/aromatic N) is 4. The molecule has 0 bridgehead atoms. The highest BCUT2D eigenvalue weighted by Crippen LogP contribution is 2.24. The van der Waals surface area contributed by atoms with Gasteiger partial charge in [0.2, 0.25) is 0 Å². The molecule has 2 heterocycles. The van der Waals surface area contributed by atoms with Crippen LogP contribution in [-0.4, -0.2) is 37.6 Å². The van der Waals surface area contributed by atoms with Crippen molar-refractivity contribution in [2.75, 3.05) is 0 Å². The lowest BCUT2D eigenvalue weighted by molar-refractivity contribution is -0.0584. The fourth-order valence-corrected chi connectivity index (χ4v) is 2.76. The van der Waals surface area contributed by atoms with Gasteiger partial charge in [-0.3, -0.25) is 9.59 Å². The Balaban J connectivity index is 1.57. The van der Waals surface area contributed by atoms with E-state index in [1.807, 2.05) is 0 Å². The third kappa shape index (κ3) is 2.44. The number of hydroxylamine groups is 2. The van der Waals surface area contributed by atoms with E-state index in [9.17, 15) is 14.4 Å². The van der Waals surface area contributed by atoms with Gasteiger partial charge in [0.25, 0.3) is 11.8 Å². The maximum atomic E-state index is 12.4. The molecule has 0 saturated carbocycles. The van der Waals surface area contributed by atoms with Gasteiger partial charge >= 0.3 is 5.97 Å². The number of aryl methyl sites for hydroxylation is 1. The van der Waals surface area contributed by atoms with Gasteiger partial charge in [-0.2, -0.15) is 5.10 Å². The standard InChI is InChI=1S/C18H12N4O4/c1-11-8-12(6-7-15(11)21-10-19-9-20-21)18(25)26-22-16(23)13-4-2-3-5-14(13)17(22)24/h2-10H,1H3. The fraction of sp³-hybridized carbons (Fsp3) is 0.0556. The molecule has 1 aliphatic heterocycles.